The van der Waals surface area contributed by atoms with Gasteiger partial charge in [-0.05, 0) is 6.07 Å². The Labute approximate surface area is 111 Å². The number of rotatable bonds is 4. The van der Waals surface area contributed by atoms with Crippen LogP contribution < -0.4 is 5.43 Å². The van der Waals surface area contributed by atoms with Crippen LogP contribution in [0.3, 0.4) is 0 Å². The van der Waals surface area contributed by atoms with Gasteiger partial charge in [0.1, 0.15) is 0 Å². The van der Waals surface area contributed by atoms with E-state index in [-0.39, 0.29) is 29.7 Å². The molecular formula is C13H11F2NO4. The van der Waals surface area contributed by atoms with Gasteiger partial charge in [-0.3, -0.25) is 9.59 Å². The van der Waals surface area contributed by atoms with Crippen LogP contribution >= 0.6 is 0 Å². The molecular weight excluding hydrogens is 272 g/mol. The number of carboxylic acid groups (broad SMARTS) is 1. The van der Waals surface area contributed by atoms with Gasteiger partial charge in [-0.2, -0.15) is 0 Å². The number of aromatic nitrogens is 1. The van der Waals surface area contributed by atoms with Crippen molar-refractivity contribution in [1.29, 1.82) is 0 Å². The first-order valence-corrected chi connectivity index (χ1v) is 5.78. The van der Waals surface area contributed by atoms with Crippen LogP contribution in [0.4, 0.5) is 8.78 Å². The number of hydrogen-bond donors (Lipinski definition) is 2. The molecule has 0 aliphatic heterocycles. The summed E-state index contributed by atoms with van der Waals surface area (Å²) in [7, 11) is 0. The van der Waals surface area contributed by atoms with Crippen LogP contribution in [-0.2, 0) is 17.8 Å². The number of carbonyl (C=O) groups is 1. The summed E-state index contributed by atoms with van der Waals surface area (Å²) in [5.41, 5.74) is -0.416. The van der Waals surface area contributed by atoms with Crippen LogP contribution in [0, 0.1) is 11.6 Å². The summed E-state index contributed by atoms with van der Waals surface area (Å²) < 4.78 is 27.8. The van der Waals surface area contributed by atoms with Gasteiger partial charge in [-0.25, -0.2) is 8.78 Å². The van der Waals surface area contributed by atoms with Gasteiger partial charge in [0.2, 0.25) is 0 Å². The summed E-state index contributed by atoms with van der Waals surface area (Å²) in [5, 5.41) is 17.8. The number of carboxylic acids is 1. The van der Waals surface area contributed by atoms with Crippen molar-refractivity contribution < 1.29 is 23.8 Å². The van der Waals surface area contributed by atoms with Crippen LogP contribution in [0.2, 0.25) is 0 Å². The fourth-order valence-electron chi connectivity index (χ4n) is 2.08. The number of nitrogens with zero attached hydrogens (tertiary/aromatic N) is 1. The first kappa shape index (κ1) is 14.1. The second kappa shape index (κ2) is 5.38. The van der Waals surface area contributed by atoms with E-state index in [2.05, 4.69) is 0 Å². The van der Waals surface area contributed by atoms with E-state index < -0.39 is 29.5 Å². The fourth-order valence-corrected chi connectivity index (χ4v) is 2.08. The van der Waals surface area contributed by atoms with Gasteiger partial charge in [-0.1, -0.05) is 0 Å². The Morgan fingerprint density at radius 3 is 2.45 bits per heavy atom. The molecule has 5 nitrogen and oxygen atoms in total. The van der Waals surface area contributed by atoms with E-state index in [1.807, 2.05) is 0 Å². The number of halogens is 2. The average Bonchev–Trinajstić information content (AvgIpc) is 2.36. The van der Waals surface area contributed by atoms with Crippen molar-refractivity contribution in [3.05, 3.63) is 45.8 Å². The molecule has 0 saturated carbocycles. The molecule has 0 unspecified atom stereocenters. The largest absolute Gasteiger partial charge is 0.481 e. The van der Waals surface area contributed by atoms with Crippen molar-refractivity contribution in [2.75, 3.05) is 6.61 Å². The third-order valence-corrected chi connectivity index (χ3v) is 2.90. The second-order valence-electron chi connectivity index (χ2n) is 4.23. The lowest BCUT2D eigenvalue weighted by atomic mass is 10.1. The molecule has 0 aliphatic carbocycles. The summed E-state index contributed by atoms with van der Waals surface area (Å²) in [6, 6.07) is 2.65. The number of aliphatic hydroxyl groups excluding tert-OH is 1. The molecule has 2 aromatic rings. The number of aliphatic hydroxyl groups is 1. The fraction of sp³-hybridized carbons (Fsp3) is 0.231. The molecule has 1 aromatic carbocycles. The molecule has 106 valence electrons. The number of hydrogen-bond acceptors (Lipinski definition) is 3. The predicted molar refractivity (Wildman–Crippen MR) is 66.5 cm³/mol. The average molecular weight is 283 g/mol. The maximum atomic E-state index is 13.3. The zero-order valence-electron chi connectivity index (χ0n) is 10.3. The van der Waals surface area contributed by atoms with Gasteiger partial charge in [-0.15, -0.1) is 0 Å². The van der Waals surface area contributed by atoms with E-state index in [0.29, 0.717) is 0 Å². The lowest BCUT2D eigenvalue weighted by Gasteiger charge is -2.15. The second-order valence-corrected chi connectivity index (χ2v) is 4.23. The standard InChI is InChI=1S/C13H11F2NO4/c14-9-5-8-11(6-10(9)15)16(1-2-17)7(3-12(8)18)4-13(19)20/h3,5-6,17H,1-2,4H2,(H,19,20). The predicted octanol–water partition coefficient (Wildman–Crippen LogP) is 0.899. The molecule has 0 fully saturated rings. The van der Waals surface area contributed by atoms with Crippen molar-refractivity contribution in [3.63, 3.8) is 0 Å². The maximum Gasteiger partial charge on any atom is 0.309 e. The molecule has 0 spiro atoms. The van der Waals surface area contributed by atoms with Crippen molar-refractivity contribution in [3.8, 4) is 0 Å². The summed E-state index contributed by atoms with van der Waals surface area (Å²) >= 11 is 0. The molecule has 2 rings (SSSR count). The Morgan fingerprint density at radius 1 is 1.20 bits per heavy atom. The van der Waals surface area contributed by atoms with Crippen molar-refractivity contribution >= 4 is 16.9 Å². The van der Waals surface area contributed by atoms with Crippen LogP contribution in [0.15, 0.2) is 23.0 Å². The summed E-state index contributed by atoms with van der Waals surface area (Å²) in [4.78, 5) is 22.6. The van der Waals surface area contributed by atoms with E-state index >= 15 is 0 Å². The van der Waals surface area contributed by atoms with E-state index in [0.717, 1.165) is 18.2 Å². The maximum absolute atomic E-state index is 13.3. The SMILES string of the molecule is O=C(O)Cc1cc(=O)c2cc(F)c(F)cc2n1CCO. The zero-order valence-corrected chi connectivity index (χ0v) is 10.3. The molecule has 0 amide bonds. The molecule has 0 aliphatic rings. The molecule has 0 bridgehead atoms. The first-order valence-electron chi connectivity index (χ1n) is 5.78. The number of aliphatic carboxylic acids is 1. The van der Waals surface area contributed by atoms with Crippen molar-refractivity contribution in [1.82, 2.24) is 4.57 Å². The van der Waals surface area contributed by atoms with Gasteiger partial charge in [0, 0.05) is 29.8 Å². The van der Waals surface area contributed by atoms with Crippen LogP contribution in [0.25, 0.3) is 10.9 Å². The normalized spacial score (nSPS) is 10.9. The van der Waals surface area contributed by atoms with E-state index in [1.165, 1.54) is 4.57 Å². The van der Waals surface area contributed by atoms with Crippen LogP contribution in [-0.4, -0.2) is 27.4 Å². The van der Waals surface area contributed by atoms with E-state index in [9.17, 15) is 18.4 Å². The van der Waals surface area contributed by atoms with Crippen LogP contribution in [0.5, 0.6) is 0 Å². The minimum absolute atomic E-state index is 0.0233. The number of pyridine rings is 1. The third kappa shape index (κ3) is 2.53. The lowest BCUT2D eigenvalue weighted by molar-refractivity contribution is -0.136. The highest BCUT2D eigenvalue weighted by Crippen LogP contribution is 2.18. The first-order chi connectivity index (χ1) is 9.43. The van der Waals surface area contributed by atoms with Crippen molar-refractivity contribution in [2.45, 2.75) is 13.0 Å². The Morgan fingerprint density at radius 2 is 1.85 bits per heavy atom. The molecule has 7 heteroatoms. The molecule has 0 atom stereocenters. The molecule has 1 aromatic heterocycles. The Balaban J connectivity index is 2.82. The Hall–Kier alpha value is -2.28. The van der Waals surface area contributed by atoms with Gasteiger partial charge >= 0.3 is 5.97 Å². The van der Waals surface area contributed by atoms with Crippen LogP contribution in [0.1, 0.15) is 5.69 Å². The van der Waals surface area contributed by atoms with Gasteiger partial charge in [0.25, 0.3) is 0 Å². The van der Waals surface area contributed by atoms with E-state index in [4.69, 9.17) is 10.2 Å². The highest BCUT2D eigenvalue weighted by Gasteiger charge is 2.14. The monoisotopic (exact) mass is 283 g/mol. The highest BCUT2D eigenvalue weighted by molar-refractivity contribution is 5.80. The van der Waals surface area contributed by atoms with Crippen molar-refractivity contribution in [2.24, 2.45) is 0 Å². The topological polar surface area (TPSA) is 79.5 Å². The number of benzene rings is 1. The Bertz CT molecular complexity index is 739. The molecule has 20 heavy (non-hydrogen) atoms. The van der Waals surface area contributed by atoms with Gasteiger partial charge in [0.15, 0.2) is 17.1 Å². The highest BCUT2D eigenvalue weighted by atomic mass is 19.2. The minimum Gasteiger partial charge on any atom is -0.481 e. The molecule has 0 saturated heterocycles. The molecule has 2 N–H and O–H groups in total. The molecule has 1 heterocycles. The summed E-state index contributed by atoms with van der Waals surface area (Å²) in [6.07, 6.45) is -0.454. The molecule has 0 radical (unpaired) electrons. The number of fused-ring (bicyclic) bond motifs is 1. The zero-order chi connectivity index (χ0) is 14.9. The summed E-state index contributed by atoms with van der Waals surface area (Å²) in [5.74, 6) is -3.47. The van der Waals surface area contributed by atoms with E-state index in [1.54, 1.807) is 0 Å². The van der Waals surface area contributed by atoms with Gasteiger partial charge in [0.05, 0.1) is 18.5 Å². The third-order valence-electron chi connectivity index (χ3n) is 2.90. The Kier molecular flexibility index (Phi) is 3.80. The lowest BCUT2D eigenvalue weighted by Crippen LogP contribution is -2.19. The van der Waals surface area contributed by atoms with Gasteiger partial charge < -0.3 is 14.8 Å². The smallest absolute Gasteiger partial charge is 0.309 e. The quantitative estimate of drug-likeness (QED) is 0.873. The minimum atomic E-state index is -1.17. The summed E-state index contributed by atoms with van der Waals surface area (Å²) in [6.45, 7) is -0.353.